The van der Waals surface area contributed by atoms with E-state index >= 15 is 0 Å². The molecule has 0 rings (SSSR count). The standard InChI is InChI=1S/C10H19BrN2O3/c1-10(2,3)16-9(15)13-7-8(14)12-6-4-5-11/h4-7H2,1-3H3,(H,12,14)(H,13,15). The second kappa shape index (κ2) is 7.49. The lowest BCUT2D eigenvalue weighted by Crippen LogP contribution is -2.40. The summed E-state index contributed by atoms with van der Waals surface area (Å²) in [4.78, 5) is 22.4. The van der Waals surface area contributed by atoms with E-state index in [1.807, 2.05) is 0 Å². The third-order valence-electron chi connectivity index (χ3n) is 1.42. The molecule has 94 valence electrons. The van der Waals surface area contributed by atoms with Crippen molar-refractivity contribution < 1.29 is 14.3 Å². The lowest BCUT2D eigenvalue weighted by molar-refractivity contribution is -0.120. The van der Waals surface area contributed by atoms with Gasteiger partial charge in [0.25, 0.3) is 0 Å². The highest BCUT2D eigenvalue weighted by Crippen LogP contribution is 2.05. The Morgan fingerprint density at radius 1 is 1.25 bits per heavy atom. The summed E-state index contributed by atoms with van der Waals surface area (Å²) in [5, 5.41) is 5.88. The van der Waals surface area contributed by atoms with Gasteiger partial charge in [-0.1, -0.05) is 15.9 Å². The van der Waals surface area contributed by atoms with E-state index in [4.69, 9.17) is 4.74 Å². The lowest BCUT2D eigenvalue weighted by Gasteiger charge is -2.19. The van der Waals surface area contributed by atoms with Gasteiger partial charge in [-0.3, -0.25) is 4.79 Å². The van der Waals surface area contributed by atoms with E-state index in [1.165, 1.54) is 0 Å². The second-order valence-corrected chi connectivity index (χ2v) is 5.04. The van der Waals surface area contributed by atoms with Crippen LogP contribution in [0.2, 0.25) is 0 Å². The normalized spacial score (nSPS) is 10.8. The number of amides is 2. The summed E-state index contributed by atoms with van der Waals surface area (Å²) >= 11 is 3.25. The SMILES string of the molecule is CC(C)(C)OC(=O)NCC(=O)NCCCBr. The lowest BCUT2D eigenvalue weighted by atomic mass is 10.2. The molecule has 0 saturated carbocycles. The molecule has 0 fully saturated rings. The molecule has 6 heteroatoms. The summed E-state index contributed by atoms with van der Waals surface area (Å²) in [5.74, 6) is -0.216. The van der Waals surface area contributed by atoms with E-state index in [0.717, 1.165) is 11.8 Å². The van der Waals surface area contributed by atoms with Gasteiger partial charge in [-0.25, -0.2) is 4.79 Å². The molecule has 0 aromatic rings. The summed E-state index contributed by atoms with van der Waals surface area (Å²) in [6.45, 7) is 5.84. The van der Waals surface area contributed by atoms with Crippen LogP contribution < -0.4 is 10.6 Å². The topological polar surface area (TPSA) is 67.4 Å². The minimum atomic E-state index is -0.580. The second-order valence-electron chi connectivity index (χ2n) is 4.25. The molecular formula is C10H19BrN2O3. The van der Waals surface area contributed by atoms with E-state index in [9.17, 15) is 9.59 Å². The number of carbonyl (C=O) groups is 2. The van der Waals surface area contributed by atoms with E-state index in [-0.39, 0.29) is 12.5 Å². The van der Waals surface area contributed by atoms with Crippen LogP contribution in [0.5, 0.6) is 0 Å². The highest BCUT2D eigenvalue weighted by molar-refractivity contribution is 9.09. The maximum atomic E-state index is 11.2. The monoisotopic (exact) mass is 294 g/mol. The van der Waals surface area contributed by atoms with Crippen molar-refractivity contribution in [2.45, 2.75) is 32.8 Å². The van der Waals surface area contributed by atoms with Crippen molar-refractivity contribution in [3.63, 3.8) is 0 Å². The molecule has 0 saturated heterocycles. The van der Waals surface area contributed by atoms with Crippen LogP contribution in [0, 0.1) is 0 Å². The Hall–Kier alpha value is -0.780. The molecule has 0 radical (unpaired) electrons. The molecule has 0 heterocycles. The molecule has 5 nitrogen and oxygen atoms in total. The Morgan fingerprint density at radius 2 is 1.88 bits per heavy atom. The number of alkyl halides is 1. The fourth-order valence-corrected chi connectivity index (χ4v) is 1.10. The first kappa shape index (κ1) is 15.2. The van der Waals surface area contributed by atoms with Crippen LogP contribution in [0.15, 0.2) is 0 Å². The quantitative estimate of drug-likeness (QED) is 0.595. The van der Waals surface area contributed by atoms with Crippen LogP contribution in [0.3, 0.4) is 0 Å². The van der Waals surface area contributed by atoms with E-state index in [2.05, 4.69) is 26.6 Å². The van der Waals surface area contributed by atoms with Crippen molar-refractivity contribution in [2.24, 2.45) is 0 Å². The largest absolute Gasteiger partial charge is 0.444 e. The number of ether oxygens (including phenoxy) is 1. The van der Waals surface area contributed by atoms with Crippen LogP contribution >= 0.6 is 15.9 Å². The fraction of sp³-hybridized carbons (Fsp3) is 0.800. The minimum Gasteiger partial charge on any atom is -0.444 e. The van der Waals surface area contributed by atoms with Gasteiger partial charge in [-0.15, -0.1) is 0 Å². The molecule has 2 amide bonds. The van der Waals surface area contributed by atoms with Crippen LogP contribution in [-0.2, 0) is 9.53 Å². The predicted octanol–water partition coefficient (Wildman–Crippen LogP) is 1.41. The molecule has 0 aliphatic carbocycles. The zero-order valence-electron chi connectivity index (χ0n) is 9.93. The number of rotatable bonds is 5. The van der Waals surface area contributed by atoms with Crippen molar-refractivity contribution in [3.8, 4) is 0 Å². The average Bonchev–Trinajstić information content (AvgIpc) is 2.12. The van der Waals surface area contributed by atoms with Crippen molar-refractivity contribution in [2.75, 3.05) is 18.4 Å². The van der Waals surface area contributed by atoms with Gasteiger partial charge in [-0.05, 0) is 27.2 Å². The van der Waals surface area contributed by atoms with Gasteiger partial charge >= 0.3 is 6.09 Å². The average molecular weight is 295 g/mol. The van der Waals surface area contributed by atoms with Gasteiger partial charge in [0.15, 0.2) is 0 Å². The number of hydrogen-bond donors (Lipinski definition) is 2. The first-order valence-electron chi connectivity index (χ1n) is 5.14. The molecule has 0 unspecified atom stereocenters. The van der Waals surface area contributed by atoms with Gasteiger partial charge in [0.05, 0.1) is 6.54 Å². The maximum Gasteiger partial charge on any atom is 0.408 e. The fourth-order valence-electron chi connectivity index (χ4n) is 0.824. The Balaban J connectivity index is 3.63. The van der Waals surface area contributed by atoms with Crippen molar-refractivity contribution >= 4 is 27.9 Å². The number of nitrogens with one attached hydrogen (secondary N) is 2. The molecule has 0 spiro atoms. The molecule has 2 N–H and O–H groups in total. The van der Waals surface area contributed by atoms with Crippen LogP contribution in [-0.4, -0.2) is 36.0 Å². The Morgan fingerprint density at radius 3 is 2.38 bits per heavy atom. The molecule has 0 aliphatic heterocycles. The molecule has 16 heavy (non-hydrogen) atoms. The summed E-state index contributed by atoms with van der Waals surface area (Å²) in [6.07, 6.45) is 0.279. The number of alkyl carbamates (subject to hydrolysis) is 1. The first-order valence-corrected chi connectivity index (χ1v) is 6.27. The zero-order chi connectivity index (χ0) is 12.6. The third-order valence-corrected chi connectivity index (χ3v) is 1.99. The van der Waals surface area contributed by atoms with Crippen LogP contribution in [0.4, 0.5) is 4.79 Å². The molecule has 0 aliphatic rings. The Kier molecular flexibility index (Phi) is 7.12. The van der Waals surface area contributed by atoms with Crippen molar-refractivity contribution in [1.29, 1.82) is 0 Å². The number of hydrogen-bond acceptors (Lipinski definition) is 3. The highest BCUT2D eigenvalue weighted by atomic mass is 79.9. The van der Waals surface area contributed by atoms with E-state index < -0.39 is 11.7 Å². The van der Waals surface area contributed by atoms with Gasteiger partial charge < -0.3 is 15.4 Å². The third kappa shape index (κ3) is 9.76. The van der Waals surface area contributed by atoms with Gasteiger partial charge in [0, 0.05) is 11.9 Å². The number of halogens is 1. The maximum absolute atomic E-state index is 11.2. The summed E-state index contributed by atoms with van der Waals surface area (Å²) < 4.78 is 4.98. The van der Waals surface area contributed by atoms with Gasteiger partial charge in [-0.2, -0.15) is 0 Å². The molecule has 0 aromatic heterocycles. The molecule has 0 atom stereocenters. The Bertz CT molecular complexity index is 239. The number of carbonyl (C=O) groups excluding carboxylic acids is 2. The van der Waals surface area contributed by atoms with E-state index in [1.54, 1.807) is 20.8 Å². The highest BCUT2D eigenvalue weighted by Gasteiger charge is 2.16. The van der Waals surface area contributed by atoms with Crippen LogP contribution in [0.1, 0.15) is 27.2 Å². The van der Waals surface area contributed by atoms with Gasteiger partial charge in [0.1, 0.15) is 5.60 Å². The summed E-state index contributed by atoms with van der Waals surface area (Å²) in [7, 11) is 0. The molecule has 0 aromatic carbocycles. The minimum absolute atomic E-state index is 0.0583. The smallest absolute Gasteiger partial charge is 0.408 e. The molecule has 0 bridgehead atoms. The summed E-state index contributed by atoms with van der Waals surface area (Å²) in [5.41, 5.74) is -0.545. The summed E-state index contributed by atoms with van der Waals surface area (Å²) in [6, 6.07) is 0. The zero-order valence-corrected chi connectivity index (χ0v) is 11.5. The Labute approximate surface area is 104 Å². The van der Waals surface area contributed by atoms with E-state index in [0.29, 0.717) is 6.54 Å². The van der Waals surface area contributed by atoms with Gasteiger partial charge in [0.2, 0.25) is 5.91 Å². The van der Waals surface area contributed by atoms with Crippen molar-refractivity contribution in [1.82, 2.24) is 10.6 Å². The van der Waals surface area contributed by atoms with Crippen molar-refractivity contribution in [3.05, 3.63) is 0 Å². The first-order chi connectivity index (χ1) is 7.35. The molecular weight excluding hydrogens is 276 g/mol. The van der Waals surface area contributed by atoms with Crippen LogP contribution in [0.25, 0.3) is 0 Å². The predicted molar refractivity (Wildman–Crippen MR) is 65.7 cm³/mol.